The molecular formula is C23H23F2N3O2S. The van der Waals surface area contributed by atoms with Gasteiger partial charge in [0.15, 0.2) is 16.8 Å². The van der Waals surface area contributed by atoms with Crippen LogP contribution in [-0.4, -0.2) is 39.0 Å². The normalized spacial score (nSPS) is 16.0. The fourth-order valence-corrected chi connectivity index (χ4v) is 4.43. The summed E-state index contributed by atoms with van der Waals surface area (Å²) in [7, 11) is 0. The Morgan fingerprint density at radius 2 is 1.77 bits per heavy atom. The summed E-state index contributed by atoms with van der Waals surface area (Å²) in [6.07, 6.45) is 3.17. The molecule has 31 heavy (non-hydrogen) atoms. The van der Waals surface area contributed by atoms with E-state index in [-0.39, 0.29) is 23.5 Å². The SMILES string of the molecule is O=C(CCCSc1nnc(-c2ccc(F)cc2)n1CC1CCCO1)c1ccc(F)cc1. The molecule has 0 saturated carbocycles. The Hall–Kier alpha value is -2.58. The zero-order chi connectivity index (χ0) is 21.6. The molecule has 162 valence electrons. The van der Waals surface area contributed by atoms with Crippen molar-refractivity contribution in [2.24, 2.45) is 0 Å². The minimum atomic E-state index is -0.352. The Morgan fingerprint density at radius 1 is 1.06 bits per heavy atom. The van der Waals surface area contributed by atoms with E-state index < -0.39 is 0 Å². The third-order valence-corrected chi connectivity index (χ3v) is 6.23. The molecule has 1 saturated heterocycles. The van der Waals surface area contributed by atoms with Gasteiger partial charge in [-0.1, -0.05) is 11.8 Å². The van der Waals surface area contributed by atoms with E-state index in [0.29, 0.717) is 36.5 Å². The fraction of sp³-hybridized carbons (Fsp3) is 0.348. The van der Waals surface area contributed by atoms with Crippen LogP contribution >= 0.6 is 11.8 Å². The molecule has 1 fully saturated rings. The number of carbonyl (C=O) groups excluding carboxylic acids is 1. The molecule has 1 aliphatic rings. The zero-order valence-electron chi connectivity index (χ0n) is 17.0. The molecule has 1 aromatic heterocycles. The van der Waals surface area contributed by atoms with Crippen molar-refractivity contribution in [3.8, 4) is 11.4 Å². The number of halogens is 2. The quantitative estimate of drug-likeness (QED) is 0.260. The lowest BCUT2D eigenvalue weighted by Crippen LogP contribution is -2.16. The second-order valence-electron chi connectivity index (χ2n) is 7.44. The molecule has 0 bridgehead atoms. The molecule has 0 spiro atoms. The predicted molar refractivity (Wildman–Crippen MR) is 115 cm³/mol. The Balaban J connectivity index is 1.41. The van der Waals surface area contributed by atoms with Crippen LogP contribution in [0.5, 0.6) is 0 Å². The second-order valence-corrected chi connectivity index (χ2v) is 8.50. The molecule has 1 atom stereocenters. The number of nitrogens with zero attached hydrogens (tertiary/aromatic N) is 3. The first-order valence-electron chi connectivity index (χ1n) is 10.3. The second kappa shape index (κ2) is 10.2. The largest absolute Gasteiger partial charge is 0.376 e. The van der Waals surface area contributed by atoms with Crippen LogP contribution in [0.25, 0.3) is 11.4 Å². The zero-order valence-corrected chi connectivity index (χ0v) is 17.8. The highest BCUT2D eigenvalue weighted by molar-refractivity contribution is 7.99. The number of ketones is 1. The van der Waals surface area contributed by atoms with Gasteiger partial charge in [-0.15, -0.1) is 10.2 Å². The van der Waals surface area contributed by atoms with Crippen molar-refractivity contribution in [3.63, 3.8) is 0 Å². The van der Waals surface area contributed by atoms with Crippen LogP contribution in [0.15, 0.2) is 53.7 Å². The lowest BCUT2D eigenvalue weighted by Gasteiger charge is -2.14. The highest BCUT2D eigenvalue weighted by Gasteiger charge is 2.22. The standard InChI is InChI=1S/C23H23F2N3O2S/c24-18-9-5-16(6-10-18)21(29)4-2-14-31-23-27-26-22(17-7-11-19(25)12-8-17)28(23)15-20-3-1-13-30-20/h5-12,20H,1-4,13-15H2. The van der Waals surface area contributed by atoms with Gasteiger partial charge in [-0.3, -0.25) is 9.36 Å². The highest BCUT2D eigenvalue weighted by Crippen LogP contribution is 2.27. The molecule has 3 aromatic rings. The highest BCUT2D eigenvalue weighted by atomic mass is 32.2. The van der Waals surface area contributed by atoms with Crippen LogP contribution in [0.4, 0.5) is 8.78 Å². The minimum absolute atomic E-state index is 0.00609. The molecule has 0 amide bonds. The van der Waals surface area contributed by atoms with E-state index in [0.717, 1.165) is 30.2 Å². The minimum Gasteiger partial charge on any atom is -0.376 e. The summed E-state index contributed by atoms with van der Waals surface area (Å²) in [4.78, 5) is 12.3. The number of rotatable bonds is 9. The van der Waals surface area contributed by atoms with Gasteiger partial charge in [0.05, 0.1) is 12.6 Å². The van der Waals surface area contributed by atoms with E-state index in [1.807, 2.05) is 4.57 Å². The molecule has 2 aromatic carbocycles. The Labute approximate surface area is 183 Å². The first kappa shape index (κ1) is 21.6. The van der Waals surface area contributed by atoms with Crippen LogP contribution in [0.2, 0.25) is 0 Å². The van der Waals surface area contributed by atoms with Crippen molar-refractivity contribution in [1.82, 2.24) is 14.8 Å². The molecule has 2 heterocycles. The summed E-state index contributed by atoms with van der Waals surface area (Å²) in [5, 5.41) is 9.43. The Morgan fingerprint density at radius 3 is 2.45 bits per heavy atom. The lowest BCUT2D eigenvalue weighted by atomic mass is 10.1. The molecule has 0 radical (unpaired) electrons. The third kappa shape index (κ3) is 5.57. The van der Waals surface area contributed by atoms with Crippen LogP contribution in [0, 0.1) is 11.6 Å². The van der Waals surface area contributed by atoms with Gasteiger partial charge in [-0.2, -0.15) is 0 Å². The molecule has 4 rings (SSSR count). The Kier molecular flexibility index (Phi) is 7.09. The van der Waals surface area contributed by atoms with Gasteiger partial charge in [-0.25, -0.2) is 8.78 Å². The van der Waals surface area contributed by atoms with Crippen molar-refractivity contribution < 1.29 is 18.3 Å². The third-order valence-electron chi connectivity index (χ3n) is 5.17. The number of benzene rings is 2. The lowest BCUT2D eigenvalue weighted by molar-refractivity contribution is 0.0953. The molecule has 0 N–H and O–H groups in total. The number of aromatic nitrogens is 3. The molecule has 1 aliphatic heterocycles. The van der Waals surface area contributed by atoms with Crippen molar-refractivity contribution in [3.05, 3.63) is 65.7 Å². The maximum Gasteiger partial charge on any atom is 0.191 e. The molecular weight excluding hydrogens is 420 g/mol. The van der Waals surface area contributed by atoms with Gasteiger partial charge < -0.3 is 4.74 Å². The first-order valence-corrected chi connectivity index (χ1v) is 11.3. The monoisotopic (exact) mass is 443 g/mol. The molecule has 1 unspecified atom stereocenters. The van der Waals surface area contributed by atoms with E-state index in [1.54, 1.807) is 12.1 Å². The van der Waals surface area contributed by atoms with Crippen molar-refractivity contribution in [2.45, 2.75) is 43.5 Å². The number of hydrogen-bond acceptors (Lipinski definition) is 5. The van der Waals surface area contributed by atoms with Crippen LogP contribution in [0.1, 0.15) is 36.0 Å². The predicted octanol–water partition coefficient (Wildman–Crippen LogP) is 5.16. The van der Waals surface area contributed by atoms with Gasteiger partial charge in [0, 0.05) is 29.9 Å². The van der Waals surface area contributed by atoms with E-state index in [2.05, 4.69) is 10.2 Å². The van der Waals surface area contributed by atoms with Gasteiger partial charge in [0.2, 0.25) is 0 Å². The Bertz CT molecular complexity index is 1020. The van der Waals surface area contributed by atoms with Crippen molar-refractivity contribution in [2.75, 3.05) is 12.4 Å². The number of hydrogen-bond donors (Lipinski definition) is 0. The number of carbonyl (C=O) groups is 1. The smallest absolute Gasteiger partial charge is 0.191 e. The maximum atomic E-state index is 13.3. The average molecular weight is 444 g/mol. The van der Waals surface area contributed by atoms with E-state index in [9.17, 15) is 13.6 Å². The van der Waals surface area contributed by atoms with Crippen molar-refractivity contribution >= 4 is 17.5 Å². The summed E-state index contributed by atoms with van der Waals surface area (Å²) in [5.41, 5.74) is 1.32. The van der Waals surface area contributed by atoms with Gasteiger partial charge >= 0.3 is 0 Å². The van der Waals surface area contributed by atoms with Gasteiger partial charge in [0.25, 0.3) is 0 Å². The summed E-state index contributed by atoms with van der Waals surface area (Å²) in [5.74, 6) is 0.720. The van der Waals surface area contributed by atoms with Crippen LogP contribution < -0.4 is 0 Å². The summed E-state index contributed by atoms with van der Waals surface area (Å²) in [6.45, 7) is 1.39. The maximum absolute atomic E-state index is 13.3. The van der Waals surface area contributed by atoms with Crippen LogP contribution in [-0.2, 0) is 11.3 Å². The average Bonchev–Trinajstić information content (AvgIpc) is 3.43. The number of Topliss-reactive ketones (excluding diaryl/α,β-unsaturated/α-hetero) is 1. The van der Waals surface area contributed by atoms with E-state index in [4.69, 9.17) is 4.74 Å². The van der Waals surface area contributed by atoms with Crippen LogP contribution in [0.3, 0.4) is 0 Å². The van der Waals surface area contributed by atoms with E-state index in [1.165, 1.54) is 48.2 Å². The first-order chi connectivity index (χ1) is 15.1. The number of ether oxygens (including phenoxy) is 1. The molecule has 0 aliphatic carbocycles. The molecule has 5 nitrogen and oxygen atoms in total. The van der Waals surface area contributed by atoms with Gasteiger partial charge in [-0.05, 0) is 67.8 Å². The van der Waals surface area contributed by atoms with Gasteiger partial charge in [0.1, 0.15) is 11.6 Å². The summed E-state index contributed by atoms with van der Waals surface area (Å²) in [6, 6.07) is 11.8. The van der Waals surface area contributed by atoms with Crippen molar-refractivity contribution in [1.29, 1.82) is 0 Å². The number of thioether (sulfide) groups is 1. The molecule has 8 heteroatoms. The fourth-order valence-electron chi connectivity index (χ4n) is 3.54. The topological polar surface area (TPSA) is 57.0 Å². The van der Waals surface area contributed by atoms with E-state index >= 15 is 0 Å². The summed E-state index contributed by atoms with van der Waals surface area (Å²) < 4.78 is 34.2. The summed E-state index contributed by atoms with van der Waals surface area (Å²) >= 11 is 1.54.